The number of aryl methyl sites for hydroxylation is 1. The second-order valence-corrected chi connectivity index (χ2v) is 5.09. The maximum Gasteiger partial charge on any atom is 0.0449 e. The van der Waals surface area contributed by atoms with Gasteiger partial charge in [0.15, 0.2) is 0 Å². The van der Waals surface area contributed by atoms with Gasteiger partial charge in [-0.1, -0.05) is 58.4 Å². The maximum atomic E-state index is 3.61. The van der Waals surface area contributed by atoms with Gasteiger partial charge in [-0.3, -0.25) is 0 Å². The highest BCUT2D eigenvalue weighted by atomic mass is 15.1. The van der Waals surface area contributed by atoms with Crippen LogP contribution in [0.2, 0.25) is 0 Å². The fourth-order valence-electron chi connectivity index (χ4n) is 2.48. The fourth-order valence-corrected chi connectivity index (χ4v) is 2.48. The Balaban J connectivity index is 2.74. The van der Waals surface area contributed by atoms with Crippen LogP contribution in [0.3, 0.4) is 0 Å². The molecule has 0 aliphatic rings. The first-order valence-electron chi connectivity index (χ1n) is 7.79. The highest BCUT2D eigenvalue weighted by Crippen LogP contribution is 2.16. The van der Waals surface area contributed by atoms with E-state index in [0.29, 0.717) is 6.04 Å². The van der Waals surface area contributed by atoms with Gasteiger partial charge in [0.2, 0.25) is 0 Å². The summed E-state index contributed by atoms with van der Waals surface area (Å²) in [5.41, 5.74) is 2.86. The van der Waals surface area contributed by atoms with Crippen molar-refractivity contribution in [2.75, 3.05) is 26.2 Å². The lowest BCUT2D eigenvalue weighted by molar-refractivity contribution is 0.267. The molecule has 19 heavy (non-hydrogen) atoms. The third-order valence-electron chi connectivity index (χ3n) is 3.71. The van der Waals surface area contributed by atoms with Crippen molar-refractivity contribution in [2.45, 2.75) is 46.6 Å². The highest BCUT2D eigenvalue weighted by Gasteiger charge is 2.13. The highest BCUT2D eigenvalue weighted by molar-refractivity contribution is 5.25. The quantitative estimate of drug-likeness (QED) is 0.731. The third-order valence-corrected chi connectivity index (χ3v) is 3.71. The first-order chi connectivity index (χ1) is 9.24. The van der Waals surface area contributed by atoms with E-state index in [1.807, 2.05) is 0 Å². The van der Waals surface area contributed by atoms with Crippen molar-refractivity contribution in [3.05, 3.63) is 35.4 Å². The smallest absolute Gasteiger partial charge is 0.0449 e. The molecule has 2 nitrogen and oxygen atoms in total. The summed E-state index contributed by atoms with van der Waals surface area (Å²) in [7, 11) is 0. The molecule has 0 amide bonds. The van der Waals surface area contributed by atoms with Crippen molar-refractivity contribution >= 4 is 0 Å². The van der Waals surface area contributed by atoms with Gasteiger partial charge in [-0.25, -0.2) is 0 Å². The van der Waals surface area contributed by atoms with E-state index in [-0.39, 0.29) is 0 Å². The lowest BCUT2D eigenvalue weighted by atomic mass is 10.0. The molecule has 0 aliphatic heterocycles. The van der Waals surface area contributed by atoms with Crippen molar-refractivity contribution < 1.29 is 0 Å². The van der Waals surface area contributed by atoms with Crippen LogP contribution in [0.5, 0.6) is 0 Å². The molecule has 0 saturated heterocycles. The minimum atomic E-state index is 0.445. The molecular formula is C17H30N2. The molecule has 1 aromatic carbocycles. The van der Waals surface area contributed by atoms with E-state index in [1.165, 1.54) is 24.0 Å². The number of hydrogen-bond donors (Lipinski definition) is 1. The molecule has 1 aromatic rings. The van der Waals surface area contributed by atoms with Crippen molar-refractivity contribution in [1.82, 2.24) is 10.2 Å². The van der Waals surface area contributed by atoms with E-state index >= 15 is 0 Å². The van der Waals surface area contributed by atoms with Crippen LogP contribution in [-0.2, 0) is 6.42 Å². The van der Waals surface area contributed by atoms with Gasteiger partial charge in [-0.05, 0) is 37.2 Å². The summed E-state index contributed by atoms with van der Waals surface area (Å²) in [6, 6.07) is 9.60. The molecule has 0 fully saturated rings. The molecule has 0 radical (unpaired) electrons. The van der Waals surface area contributed by atoms with Crippen LogP contribution >= 0.6 is 0 Å². The topological polar surface area (TPSA) is 15.3 Å². The maximum absolute atomic E-state index is 3.61. The zero-order valence-electron chi connectivity index (χ0n) is 13.1. The molecule has 0 spiro atoms. The van der Waals surface area contributed by atoms with Crippen molar-refractivity contribution in [3.63, 3.8) is 0 Å². The predicted molar refractivity (Wildman–Crippen MR) is 84.6 cm³/mol. The lowest BCUT2D eigenvalue weighted by Crippen LogP contribution is -2.35. The van der Waals surface area contributed by atoms with Gasteiger partial charge in [0.25, 0.3) is 0 Å². The first-order valence-corrected chi connectivity index (χ1v) is 7.79. The number of rotatable bonds is 9. The minimum Gasteiger partial charge on any atom is -0.309 e. The average molecular weight is 262 g/mol. The van der Waals surface area contributed by atoms with Gasteiger partial charge in [0, 0.05) is 12.6 Å². The van der Waals surface area contributed by atoms with Crippen LogP contribution in [0.4, 0.5) is 0 Å². The zero-order valence-corrected chi connectivity index (χ0v) is 13.1. The monoisotopic (exact) mass is 262 g/mol. The van der Waals surface area contributed by atoms with Crippen molar-refractivity contribution in [1.29, 1.82) is 0 Å². The molecule has 1 atom stereocenters. The van der Waals surface area contributed by atoms with Crippen LogP contribution in [0, 0.1) is 0 Å². The standard InChI is InChI=1S/C17H30N2/c1-5-9-15-10-12-16(13-11-15)17(18-6-2)14-19(7-3)8-4/h10-13,17-18H,5-9,14H2,1-4H3. The zero-order chi connectivity index (χ0) is 14.1. The van der Waals surface area contributed by atoms with Crippen LogP contribution in [0.15, 0.2) is 24.3 Å². The number of likely N-dealkylation sites (N-methyl/N-ethyl adjacent to an activating group) is 2. The number of nitrogens with one attached hydrogen (secondary N) is 1. The molecule has 0 bridgehead atoms. The largest absolute Gasteiger partial charge is 0.309 e. The molecule has 0 aliphatic carbocycles. The van der Waals surface area contributed by atoms with Crippen molar-refractivity contribution in [3.8, 4) is 0 Å². The molecule has 0 saturated carbocycles. The van der Waals surface area contributed by atoms with Gasteiger partial charge in [0.1, 0.15) is 0 Å². The normalized spacial score (nSPS) is 12.9. The Morgan fingerprint density at radius 1 is 1.00 bits per heavy atom. The number of benzene rings is 1. The Morgan fingerprint density at radius 3 is 2.11 bits per heavy atom. The number of nitrogens with zero attached hydrogens (tertiary/aromatic N) is 1. The summed E-state index contributed by atoms with van der Waals surface area (Å²) in [5, 5.41) is 3.61. The van der Waals surface area contributed by atoms with Gasteiger partial charge >= 0.3 is 0 Å². The average Bonchev–Trinajstić information content (AvgIpc) is 2.45. The second kappa shape index (κ2) is 9.11. The summed E-state index contributed by atoms with van der Waals surface area (Å²) in [5.74, 6) is 0. The lowest BCUT2D eigenvalue weighted by Gasteiger charge is -2.26. The molecule has 1 N–H and O–H groups in total. The first kappa shape index (κ1) is 16.2. The van der Waals surface area contributed by atoms with Gasteiger partial charge in [-0.2, -0.15) is 0 Å². The van der Waals surface area contributed by atoms with E-state index in [0.717, 1.165) is 26.2 Å². The molecule has 1 rings (SSSR count). The predicted octanol–water partition coefficient (Wildman–Crippen LogP) is 3.63. The minimum absolute atomic E-state index is 0.445. The van der Waals surface area contributed by atoms with Crippen LogP contribution < -0.4 is 5.32 Å². The van der Waals surface area contributed by atoms with Crippen molar-refractivity contribution in [2.24, 2.45) is 0 Å². The summed E-state index contributed by atoms with van der Waals surface area (Å²) in [6.07, 6.45) is 2.40. The Morgan fingerprint density at radius 2 is 1.63 bits per heavy atom. The molecule has 0 heterocycles. The molecule has 108 valence electrons. The molecule has 2 heteroatoms. The molecular weight excluding hydrogens is 232 g/mol. The van der Waals surface area contributed by atoms with Gasteiger partial charge in [-0.15, -0.1) is 0 Å². The van der Waals surface area contributed by atoms with Gasteiger partial charge < -0.3 is 10.2 Å². The summed E-state index contributed by atoms with van der Waals surface area (Å²) in [6.45, 7) is 13.2. The Bertz CT molecular complexity index is 328. The van der Waals surface area contributed by atoms with Gasteiger partial charge in [0.05, 0.1) is 0 Å². The molecule has 0 aromatic heterocycles. The third kappa shape index (κ3) is 5.33. The fraction of sp³-hybridized carbons (Fsp3) is 0.647. The second-order valence-electron chi connectivity index (χ2n) is 5.09. The van der Waals surface area contributed by atoms with E-state index < -0.39 is 0 Å². The SMILES string of the molecule is CCCc1ccc(C(CN(CC)CC)NCC)cc1. The van der Waals surface area contributed by atoms with Crippen LogP contribution in [0.1, 0.15) is 51.3 Å². The van der Waals surface area contributed by atoms with E-state index in [1.54, 1.807) is 0 Å². The summed E-state index contributed by atoms with van der Waals surface area (Å²) >= 11 is 0. The van der Waals surface area contributed by atoms with E-state index in [2.05, 4.69) is 62.2 Å². The van der Waals surface area contributed by atoms with Crippen LogP contribution in [-0.4, -0.2) is 31.1 Å². The molecule has 1 unspecified atom stereocenters. The Labute approximate surface area is 119 Å². The van der Waals surface area contributed by atoms with Crippen LogP contribution in [0.25, 0.3) is 0 Å². The Hall–Kier alpha value is -0.860. The van der Waals surface area contributed by atoms with E-state index in [9.17, 15) is 0 Å². The number of hydrogen-bond acceptors (Lipinski definition) is 2. The summed E-state index contributed by atoms with van der Waals surface area (Å²) < 4.78 is 0. The van der Waals surface area contributed by atoms with E-state index in [4.69, 9.17) is 0 Å². The summed E-state index contributed by atoms with van der Waals surface area (Å²) in [4.78, 5) is 2.48. The Kier molecular flexibility index (Phi) is 7.76.